The molecule has 0 saturated carbocycles. The largest absolute Gasteiger partial charge is 0.493 e. The Morgan fingerprint density at radius 3 is 2.80 bits per heavy atom. The third-order valence-corrected chi connectivity index (χ3v) is 7.60. The molecule has 0 aliphatic carbocycles. The van der Waals surface area contributed by atoms with Crippen molar-refractivity contribution in [1.82, 2.24) is 33.9 Å². The second kappa shape index (κ2) is 9.87. The van der Waals surface area contributed by atoms with Gasteiger partial charge in [-0.25, -0.2) is 14.4 Å². The van der Waals surface area contributed by atoms with Gasteiger partial charge >= 0.3 is 0 Å². The minimum absolute atomic E-state index is 0.0545. The van der Waals surface area contributed by atoms with Crippen molar-refractivity contribution in [3.8, 4) is 16.9 Å². The predicted octanol–water partition coefficient (Wildman–Crippen LogP) is 2.83. The molecule has 11 nitrogen and oxygen atoms in total. The topological polar surface area (TPSA) is 111 Å². The molecular formula is C28H27FN8O3. The third kappa shape index (κ3) is 4.11. The number of rotatable bonds is 6. The first-order valence-corrected chi connectivity index (χ1v) is 13.3. The number of benzene rings is 1. The van der Waals surface area contributed by atoms with Crippen LogP contribution in [0, 0.1) is 12.7 Å². The smallest absolute Gasteiger partial charge is 0.228 e. The molecule has 2 aliphatic rings. The Labute approximate surface area is 228 Å². The van der Waals surface area contributed by atoms with Gasteiger partial charge in [0.2, 0.25) is 11.9 Å². The zero-order valence-electron chi connectivity index (χ0n) is 21.9. The second-order valence-electron chi connectivity index (χ2n) is 9.94. The van der Waals surface area contributed by atoms with Gasteiger partial charge in [0.05, 0.1) is 31.9 Å². The zero-order valence-corrected chi connectivity index (χ0v) is 21.9. The molecule has 40 heavy (non-hydrogen) atoms. The number of ether oxygens (including phenoxy) is 2. The molecule has 1 fully saturated rings. The monoisotopic (exact) mass is 542 g/mol. The molecular weight excluding hydrogens is 515 g/mol. The number of anilines is 1. The van der Waals surface area contributed by atoms with Gasteiger partial charge in [0, 0.05) is 66.4 Å². The van der Waals surface area contributed by atoms with E-state index in [9.17, 15) is 9.18 Å². The maximum atomic E-state index is 14.7. The van der Waals surface area contributed by atoms with E-state index in [1.165, 1.54) is 6.07 Å². The van der Waals surface area contributed by atoms with Crippen LogP contribution >= 0.6 is 0 Å². The van der Waals surface area contributed by atoms with Crippen LogP contribution in [0.5, 0.6) is 5.75 Å². The number of hydrogen-bond acceptors (Lipinski definition) is 8. The summed E-state index contributed by atoms with van der Waals surface area (Å²) in [5.74, 6) is 0.990. The molecule has 12 heteroatoms. The van der Waals surface area contributed by atoms with Gasteiger partial charge in [-0.1, -0.05) is 0 Å². The van der Waals surface area contributed by atoms with Crippen LogP contribution in [-0.4, -0.2) is 72.7 Å². The molecule has 0 bridgehead atoms. The fraction of sp³-hybridized carbons (Fsp3) is 0.321. The standard InChI is InChI=1S/C28H27FN8O3/c1-17-2-3-20(26-30-13-18(37(17)26)12-25(38)35-7-10-39-11-8-35)22-15-32-28(36-16-33-34-27(22)36)31-14-21-19-6-9-40-24(19)5-4-23(21)29/h2-5,13,15-16H,6-12,14H2,1H3,(H,31,32). The first-order chi connectivity index (χ1) is 19.6. The normalized spacial score (nSPS) is 15.0. The van der Waals surface area contributed by atoms with Crippen molar-refractivity contribution in [2.75, 3.05) is 38.2 Å². The lowest BCUT2D eigenvalue weighted by Gasteiger charge is -2.26. The van der Waals surface area contributed by atoms with Gasteiger partial charge in [-0.2, -0.15) is 0 Å². The van der Waals surface area contributed by atoms with E-state index in [4.69, 9.17) is 14.5 Å². The minimum Gasteiger partial charge on any atom is -0.493 e. The number of morpholine rings is 1. The molecule has 1 saturated heterocycles. The Morgan fingerprint density at radius 2 is 1.93 bits per heavy atom. The molecule has 0 spiro atoms. The number of carbonyl (C=O) groups excluding carboxylic acids is 1. The molecule has 1 N–H and O–H groups in total. The summed E-state index contributed by atoms with van der Waals surface area (Å²) >= 11 is 0. The lowest BCUT2D eigenvalue weighted by Crippen LogP contribution is -2.41. The van der Waals surface area contributed by atoms with Gasteiger partial charge in [0.15, 0.2) is 5.65 Å². The molecule has 1 aromatic carbocycles. The lowest BCUT2D eigenvalue weighted by atomic mass is 10.0. The summed E-state index contributed by atoms with van der Waals surface area (Å²) in [7, 11) is 0. The van der Waals surface area contributed by atoms with Crippen molar-refractivity contribution in [1.29, 1.82) is 0 Å². The molecule has 0 unspecified atom stereocenters. The molecule has 2 aliphatic heterocycles. The van der Waals surface area contributed by atoms with Crippen molar-refractivity contribution in [2.45, 2.75) is 26.3 Å². The summed E-state index contributed by atoms with van der Waals surface area (Å²) in [6.45, 7) is 5.11. The first-order valence-electron chi connectivity index (χ1n) is 13.3. The number of aromatic nitrogens is 6. The van der Waals surface area contributed by atoms with Gasteiger partial charge in [-0.3, -0.25) is 9.20 Å². The number of imidazole rings is 1. The van der Waals surface area contributed by atoms with Crippen LogP contribution < -0.4 is 10.1 Å². The number of nitrogens with zero attached hydrogens (tertiary/aromatic N) is 7. The van der Waals surface area contributed by atoms with Crippen LogP contribution in [0.15, 0.2) is 43.0 Å². The predicted molar refractivity (Wildman–Crippen MR) is 144 cm³/mol. The highest BCUT2D eigenvalue weighted by Crippen LogP contribution is 2.32. The highest BCUT2D eigenvalue weighted by molar-refractivity contribution is 5.87. The quantitative estimate of drug-likeness (QED) is 0.349. The van der Waals surface area contributed by atoms with Crippen molar-refractivity contribution < 1.29 is 18.7 Å². The SMILES string of the molecule is Cc1ccc(-c2cnc(NCc3c(F)ccc4c3CCO4)n3cnnc23)c2ncc(CC(=O)N3CCOCC3)n12. The fourth-order valence-corrected chi connectivity index (χ4v) is 5.55. The van der Waals surface area contributed by atoms with E-state index in [0.717, 1.165) is 33.8 Å². The second-order valence-corrected chi connectivity index (χ2v) is 9.94. The summed E-state index contributed by atoms with van der Waals surface area (Å²) < 4.78 is 29.4. The summed E-state index contributed by atoms with van der Waals surface area (Å²) in [6.07, 6.45) is 5.97. The number of pyridine rings is 1. The summed E-state index contributed by atoms with van der Waals surface area (Å²) in [6, 6.07) is 7.08. The van der Waals surface area contributed by atoms with Crippen molar-refractivity contribution >= 4 is 23.1 Å². The molecule has 1 amide bonds. The molecule has 7 rings (SSSR count). The van der Waals surface area contributed by atoms with E-state index in [1.807, 2.05) is 28.4 Å². The van der Waals surface area contributed by atoms with Gasteiger partial charge in [-0.05, 0) is 31.2 Å². The highest BCUT2D eigenvalue weighted by atomic mass is 19.1. The lowest BCUT2D eigenvalue weighted by molar-refractivity contribution is -0.134. The number of amides is 1. The highest BCUT2D eigenvalue weighted by Gasteiger charge is 2.23. The van der Waals surface area contributed by atoms with Gasteiger partial charge < -0.3 is 24.1 Å². The van der Waals surface area contributed by atoms with Crippen molar-refractivity contribution in [2.24, 2.45) is 0 Å². The zero-order chi connectivity index (χ0) is 27.2. The van der Waals surface area contributed by atoms with Gasteiger partial charge in [0.25, 0.3) is 0 Å². The van der Waals surface area contributed by atoms with Gasteiger partial charge in [-0.15, -0.1) is 10.2 Å². The van der Waals surface area contributed by atoms with Crippen LogP contribution in [0.2, 0.25) is 0 Å². The molecule has 6 heterocycles. The number of fused-ring (bicyclic) bond motifs is 3. The van der Waals surface area contributed by atoms with E-state index in [1.54, 1.807) is 29.2 Å². The summed E-state index contributed by atoms with van der Waals surface area (Å²) in [4.78, 5) is 24.1. The van der Waals surface area contributed by atoms with Gasteiger partial charge in [0.1, 0.15) is 23.5 Å². The average molecular weight is 543 g/mol. The molecule has 0 atom stereocenters. The van der Waals surface area contributed by atoms with E-state index in [2.05, 4.69) is 20.5 Å². The Hall–Kier alpha value is -4.58. The number of nitrogens with one attached hydrogen (secondary N) is 1. The molecule has 5 aromatic rings. The number of aryl methyl sites for hydroxylation is 1. The number of halogens is 1. The first kappa shape index (κ1) is 24.5. The Kier molecular flexibility index (Phi) is 6.03. The van der Waals surface area contributed by atoms with Crippen molar-refractivity contribution in [3.05, 3.63) is 71.3 Å². The van der Waals surface area contributed by atoms with Crippen LogP contribution in [0.4, 0.5) is 10.3 Å². The van der Waals surface area contributed by atoms with E-state index >= 15 is 0 Å². The summed E-state index contributed by atoms with van der Waals surface area (Å²) in [5.41, 5.74) is 6.08. The fourth-order valence-electron chi connectivity index (χ4n) is 5.55. The Balaban J connectivity index is 1.21. The summed E-state index contributed by atoms with van der Waals surface area (Å²) in [5, 5.41) is 11.7. The Morgan fingerprint density at radius 1 is 1.05 bits per heavy atom. The molecule has 204 valence electrons. The Bertz CT molecular complexity index is 1760. The molecule has 0 radical (unpaired) electrons. The van der Waals surface area contributed by atoms with E-state index in [0.29, 0.717) is 62.1 Å². The van der Waals surface area contributed by atoms with E-state index in [-0.39, 0.29) is 24.7 Å². The average Bonchev–Trinajstić information content (AvgIpc) is 3.74. The van der Waals surface area contributed by atoms with Crippen LogP contribution in [0.3, 0.4) is 0 Å². The molecule has 4 aromatic heterocycles. The maximum absolute atomic E-state index is 14.7. The maximum Gasteiger partial charge on any atom is 0.228 e. The van der Waals surface area contributed by atoms with Crippen LogP contribution in [0.25, 0.3) is 22.4 Å². The third-order valence-electron chi connectivity index (χ3n) is 7.60. The van der Waals surface area contributed by atoms with Crippen LogP contribution in [0.1, 0.15) is 22.5 Å². The van der Waals surface area contributed by atoms with E-state index < -0.39 is 0 Å². The van der Waals surface area contributed by atoms with Crippen molar-refractivity contribution in [3.63, 3.8) is 0 Å². The van der Waals surface area contributed by atoms with Crippen LogP contribution in [-0.2, 0) is 28.9 Å². The number of hydrogen-bond donors (Lipinski definition) is 1. The number of carbonyl (C=O) groups is 1. The minimum atomic E-state index is -0.280.